The van der Waals surface area contributed by atoms with Gasteiger partial charge < -0.3 is 0 Å². The number of thioether (sulfide) groups is 1. The van der Waals surface area contributed by atoms with E-state index in [-0.39, 0.29) is 5.91 Å². The van der Waals surface area contributed by atoms with Gasteiger partial charge in [-0.2, -0.15) is 0 Å². The Morgan fingerprint density at radius 3 is 2.92 bits per heavy atom. The molecule has 0 saturated heterocycles. The molecule has 0 N–H and O–H groups in total. The van der Waals surface area contributed by atoms with Crippen molar-refractivity contribution >= 4 is 22.7 Å². The fourth-order valence-corrected chi connectivity index (χ4v) is 2.25. The molecule has 0 spiro atoms. The predicted octanol–water partition coefficient (Wildman–Crippen LogP) is 1.74. The highest BCUT2D eigenvalue weighted by Gasteiger charge is 2.32. The normalized spacial score (nSPS) is 27.7. The first kappa shape index (κ1) is 7.67. The number of fused-ring (bicyclic) bond motifs is 1. The molecule has 0 saturated carbocycles. The van der Waals surface area contributed by atoms with Crippen LogP contribution in [0.25, 0.3) is 0 Å². The standard InChI is InChI=1S/C7H7N3OS/c1-3-4(2)12-7-5(3)6(11)8-10-9-7/h4H,1-2H3/t4-/m1/s1. The molecular formula is C7H7N3OS. The van der Waals surface area contributed by atoms with Gasteiger partial charge in [0, 0.05) is 5.25 Å². The molecule has 0 fully saturated rings. The summed E-state index contributed by atoms with van der Waals surface area (Å²) >= 11 is 1.56. The first-order valence-corrected chi connectivity index (χ1v) is 4.49. The van der Waals surface area contributed by atoms with Gasteiger partial charge in [-0.3, -0.25) is 4.79 Å². The maximum absolute atomic E-state index is 11.2. The highest BCUT2D eigenvalue weighted by molar-refractivity contribution is 8.15. The molecule has 0 aliphatic carbocycles. The van der Waals surface area contributed by atoms with Gasteiger partial charge in [0.25, 0.3) is 5.91 Å². The van der Waals surface area contributed by atoms with Crippen LogP contribution < -0.4 is 0 Å². The molecule has 1 amide bonds. The van der Waals surface area contributed by atoms with Crippen LogP contribution in [0.2, 0.25) is 0 Å². The highest BCUT2D eigenvalue weighted by atomic mass is 32.2. The van der Waals surface area contributed by atoms with E-state index in [2.05, 4.69) is 15.4 Å². The molecular weight excluding hydrogens is 174 g/mol. The summed E-state index contributed by atoms with van der Waals surface area (Å²) < 4.78 is 0. The number of rotatable bonds is 0. The molecule has 0 aromatic heterocycles. The first-order chi connectivity index (χ1) is 5.70. The van der Waals surface area contributed by atoms with Gasteiger partial charge in [0.2, 0.25) is 0 Å². The molecule has 2 aliphatic heterocycles. The van der Waals surface area contributed by atoms with Crippen LogP contribution in [0.3, 0.4) is 0 Å². The first-order valence-electron chi connectivity index (χ1n) is 3.61. The number of hydrogen-bond donors (Lipinski definition) is 0. The third-order valence-electron chi connectivity index (χ3n) is 1.99. The van der Waals surface area contributed by atoms with Gasteiger partial charge in [0.15, 0.2) is 0 Å². The van der Waals surface area contributed by atoms with Gasteiger partial charge in [-0.1, -0.05) is 16.9 Å². The van der Waals surface area contributed by atoms with Gasteiger partial charge in [-0.25, -0.2) is 0 Å². The molecule has 1 atom stereocenters. The van der Waals surface area contributed by atoms with E-state index < -0.39 is 0 Å². The average Bonchev–Trinajstić information content (AvgIpc) is 2.29. The minimum absolute atomic E-state index is 0.255. The minimum atomic E-state index is -0.255. The predicted molar refractivity (Wildman–Crippen MR) is 47.1 cm³/mol. The van der Waals surface area contributed by atoms with Crippen molar-refractivity contribution in [2.24, 2.45) is 15.4 Å². The third kappa shape index (κ3) is 0.929. The fraction of sp³-hybridized carbons (Fsp3) is 0.429. The molecule has 0 unspecified atom stereocenters. The van der Waals surface area contributed by atoms with E-state index in [4.69, 9.17) is 0 Å². The summed E-state index contributed by atoms with van der Waals surface area (Å²) in [6.07, 6.45) is 0. The maximum Gasteiger partial charge on any atom is 0.299 e. The van der Waals surface area contributed by atoms with Crippen LogP contribution >= 0.6 is 11.8 Å². The highest BCUT2D eigenvalue weighted by Crippen LogP contribution is 2.36. The molecule has 62 valence electrons. The number of hydrogen-bond acceptors (Lipinski definition) is 4. The number of amides is 1. The summed E-state index contributed by atoms with van der Waals surface area (Å²) in [6.45, 7) is 3.98. The van der Waals surface area contributed by atoms with Crippen LogP contribution in [0.5, 0.6) is 0 Å². The van der Waals surface area contributed by atoms with Gasteiger partial charge in [-0.15, -0.1) is 5.10 Å². The zero-order chi connectivity index (χ0) is 8.72. The molecule has 4 nitrogen and oxygen atoms in total. The van der Waals surface area contributed by atoms with Crippen molar-refractivity contribution in [3.63, 3.8) is 0 Å². The Kier molecular flexibility index (Phi) is 1.61. The van der Waals surface area contributed by atoms with Gasteiger partial charge in [-0.05, 0) is 24.6 Å². The topological polar surface area (TPSA) is 54.1 Å². The van der Waals surface area contributed by atoms with E-state index in [0.717, 1.165) is 10.6 Å². The van der Waals surface area contributed by atoms with Crippen LogP contribution in [0, 0.1) is 0 Å². The van der Waals surface area contributed by atoms with Crippen molar-refractivity contribution in [2.45, 2.75) is 19.1 Å². The van der Waals surface area contributed by atoms with Gasteiger partial charge >= 0.3 is 0 Å². The fourth-order valence-electron chi connectivity index (χ4n) is 1.17. The molecule has 2 rings (SSSR count). The Morgan fingerprint density at radius 1 is 1.50 bits per heavy atom. The second kappa shape index (κ2) is 2.52. The summed E-state index contributed by atoms with van der Waals surface area (Å²) in [5.41, 5.74) is 1.71. The summed E-state index contributed by atoms with van der Waals surface area (Å²) in [5, 5.41) is 11.6. The lowest BCUT2D eigenvalue weighted by atomic mass is 10.1. The van der Waals surface area contributed by atoms with Crippen LogP contribution in [0.4, 0.5) is 0 Å². The largest absolute Gasteiger partial charge is 0.299 e. The molecule has 0 aromatic carbocycles. The van der Waals surface area contributed by atoms with Gasteiger partial charge in [0.05, 0.1) is 5.57 Å². The maximum atomic E-state index is 11.2. The van der Waals surface area contributed by atoms with E-state index in [1.807, 2.05) is 13.8 Å². The number of carbonyl (C=O) groups is 1. The number of nitrogens with zero attached hydrogens (tertiary/aromatic N) is 3. The molecule has 0 bridgehead atoms. The summed E-state index contributed by atoms with van der Waals surface area (Å²) in [4.78, 5) is 11.2. The SMILES string of the molecule is CC1=C2C(=O)N=NN=C2S[C@@H]1C. The summed E-state index contributed by atoms with van der Waals surface area (Å²) in [5.74, 6) is -0.255. The smallest absolute Gasteiger partial charge is 0.265 e. The van der Waals surface area contributed by atoms with Crippen molar-refractivity contribution < 1.29 is 4.79 Å². The Balaban J connectivity index is 2.54. The minimum Gasteiger partial charge on any atom is -0.265 e. The zero-order valence-electron chi connectivity index (χ0n) is 6.74. The van der Waals surface area contributed by atoms with Gasteiger partial charge in [0.1, 0.15) is 5.04 Å². The van der Waals surface area contributed by atoms with Crippen molar-refractivity contribution in [3.8, 4) is 0 Å². The Morgan fingerprint density at radius 2 is 2.25 bits per heavy atom. The van der Waals surface area contributed by atoms with Crippen molar-refractivity contribution in [3.05, 3.63) is 11.1 Å². The summed E-state index contributed by atoms with van der Waals surface area (Å²) in [7, 11) is 0. The molecule has 2 aliphatic rings. The van der Waals surface area contributed by atoms with Crippen LogP contribution in [-0.2, 0) is 4.79 Å². The molecule has 12 heavy (non-hydrogen) atoms. The number of carbonyl (C=O) groups excluding carboxylic acids is 1. The molecule has 0 aromatic rings. The van der Waals surface area contributed by atoms with Crippen LogP contribution in [0.1, 0.15) is 13.8 Å². The van der Waals surface area contributed by atoms with E-state index in [0.29, 0.717) is 10.8 Å². The van der Waals surface area contributed by atoms with E-state index in [1.54, 1.807) is 11.8 Å². The summed E-state index contributed by atoms with van der Waals surface area (Å²) in [6, 6.07) is 0. The second-order valence-corrected chi connectivity index (χ2v) is 4.05. The lowest BCUT2D eigenvalue weighted by Crippen LogP contribution is -2.08. The quantitative estimate of drug-likeness (QED) is 0.571. The molecule has 0 radical (unpaired) electrons. The van der Waals surface area contributed by atoms with Crippen molar-refractivity contribution in [2.75, 3.05) is 0 Å². The Hall–Kier alpha value is -0.970. The average molecular weight is 181 g/mol. The Labute approximate surface area is 73.8 Å². The second-order valence-electron chi connectivity index (χ2n) is 2.72. The monoisotopic (exact) mass is 181 g/mol. The van der Waals surface area contributed by atoms with E-state index >= 15 is 0 Å². The third-order valence-corrected chi connectivity index (χ3v) is 3.21. The molecule has 5 heteroatoms. The van der Waals surface area contributed by atoms with Crippen molar-refractivity contribution in [1.29, 1.82) is 0 Å². The Bertz CT molecular complexity index is 343. The van der Waals surface area contributed by atoms with Crippen LogP contribution in [-0.4, -0.2) is 16.2 Å². The van der Waals surface area contributed by atoms with Crippen molar-refractivity contribution in [1.82, 2.24) is 0 Å². The zero-order valence-corrected chi connectivity index (χ0v) is 7.55. The van der Waals surface area contributed by atoms with Crippen LogP contribution in [0.15, 0.2) is 26.6 Å². The lowest BCUT2D eigenvalue weighted by molar-refractivity contribution is -0.114. The lowest BCUT2D eigenvalue weighted by Gasteiger charge is -1.99. The van der Waals surface area contributed by atoms with E-state index in [9.17, 15) is 4.79 Å². The molecule has 2 heterocycles. The van der Waals surface area contributed by atoms with E-state index in [1.165, 1.54) is 0 Å².